The molecule has 0 radical (unpaired) electrons. The lowest BCUT2D eigenvalue weighted by Crippen LogP contribution is -2.36. The molecule has 1 rings (SSSR count). The number of anilines is 2. The van der Waals surface area contributed by atoms with Crippen molar-refractivity contribution in [3.63, 3.8) is 0 Å². The molecular formula is C9H17N3OS. The van der Waals surface area contributed by atoms with Crippen LogP contribution in [0.3, 0.4) is 0 Å². The fourth-order valence-corrected chi connectivity index (χ4v) is 2.11. The number of nitrogen functional groups attached to an aromatic ring is 1. The lowest BCUT2D eigenvalue weighted by molar-refractivity contribution is 0.0887. The highest BCUT2D eigenvalue weighted by atomic mass is 32.1. The quantitative estimate of drug-likeness (QED) is 0.796. The van der Waals surface area contributed by atoms with Crippen molar-refractivity contribution >= 4 is 22.4 Å². The molecule has 14 heavy (non-hydrogen) atoms. The first-order chi connectivity index (χ1) is 6.31. The van der Waals surface area contributed by atoms with Gasteiger partial charge in [-0.3, -0.25) is 0 Å². The normalized spacial score (nSPS) is 11.8. The molecular weight excluding hydrogens is 198 g/mol. The number of aliphatic hydroxyl groups is 1. The molecule has 1 heterocycles. The SMILES string of the molecule is Cc1c(N)nsc1N(C)CC(C)(C)O. The predicted octanol–water partition coefficient (Wildman–Crippen LogP) is 1.24. The molecule has 1 aromatic heterocycles. The minimum atomic E-state index is -0.708. The predicted molar refractivity (Wildman–Crippen MR) is 60.8 cm³/mol. The Morgan fingerprint density at radius 3 is 2.50 bits per heavy atom. The highest BCUT2D eigenvalue weighted by Gasteiger charge is 2.19. The van der Waals surface area contributed by atoms with Crippen molar-refractivity contribution in [2.75, 3.05) is 24.2 Å². The van der Waals surface area contributed by atoms with Gasteiger partial charge in [-0.15, -0.1) is 0 Å². The third kappa shape index (κ3) is 2.59. The maximum absolute atomic E-state index is 9.66. The van der Waals surface area contributed by atoms with Crippen LogP contribution in [0.5, 0.6) is 0 Å². The molecule has 0 aliphatic rings. The average Bonchev–Trinajstić information content (AvgIpc) is 2.29. The van der Waals surface area contributed by atoms with Crippen molar-refractivity contribution in [1.29, 1.82) is 0 Å². The Morgan fingerprint density at radius 1 is 1.57 bits per heavy atom. The van der Waals surface area contributed by atoms with Gasteiger partial charge in [0, 0.05) is 19.2 Å². The van der Waals surface area contributed by atoms with E-state index in [1.165, 1.54) is 11.5 Å². The van der Waals surface area contributed by atoms with Crippen LogP contribution in [0.15, 0.2) is 0 Å². The zero-order valence-corrected chi connectivity index (χ0v) is 9.85. The van der Waals surface area contributed by atoms with Crippen molar-refractivity contribution < 1.29 is 5.11 Å². The molecule has 0 fully saturated rings. The summed E-state index contributed by atoms with van der Waals surface area (Å²) >= 11 is 1.36. The van der Waals surface area contributed by atoms with Crippen molar-refractivity contribution in [3.05, 3.63) is 5.56 Å². The highest BCUT2D eigenvalue weighted by molar-refractivity contribution is 7.10. The van der Waals surface area contributed by atoms with E-state index in [0.717, 1.165) is 10.6 Å². The topological polar surface area (TPSA) is 62.4 Å². The second-order valence-corrected chi connectivity index (χ2v) is 4.92. The van der Waals surface area contributed by atoms with Gasteiger partial charge in [0.2, 0.25) is 0 Å². The molecule has 4 nitrogen and oxygen atoms in total. The summed E-state index contributed by atoms with van der Waals surface area (Å²) in [6, 6.07) is 0. The van der Waals surface area contributed by atoms with Crippen LogP contribution in [-0.2, 0) is 0 Å². The highest BCUT2D eigenvalue weighted by Crippen LogP contribution is 2.29. The van der Waals surface area contributed by atoms with Crippen LogP contribution in [0.2, 0.25) is 0 Å². The molecule has 0 aliphatic heterocycles. The van der Waals surface area contributed by atoms with E-state index in [9.17, 15) is 5.11 Å². The number of hydrogen-bond donors (Lipinski definition) is 2. The Kier molecular flexibility index (Phi) is 3.01. The second-order valence-electron chi connectivity index (χ2n) is 4.17. The molecule has 0 bridgehead atoms. The fraction of sp³-hybridized carbons (Fsp3) is 0.667. The van der Waals surface area contributed by atoms with E-state index in [-0.39, 0.29) is 0 Å². The van der Waals surface area contributed by atoms with Gasteiger partial charge in [0.25, 0.3) is 0 Å². The van der Waals surface area contributed by atoms with Gasteiger partial charge >= 0.3 is 0 Å². The number of nitrogens with two attached hydrogens (primary N) is 1. The fourth-order valence-electron chi connectivity index (χ4n) is 1.35. The van der Waals surface area contributed by atoms with Gasteiger partial charge in [-0.2, -0.15) is 4.37 Å². The summed E-state index contributed by atoms with van der Waals surface area (Å²) < 4.78 is 4.06. The molecule has 0 aliphatic carbocycles. The molecule has 0 amide bonds. The molecule has 80 valence electrons. The number of rotatable bonds is 3. The number of aromatic nitrogens is 1. The first-order valence-corrected chi connectivity index (χ1v) is 5.24. The summed E-state index contributed by atoms with van der Waals surface area (Å²) in [5.74, 6) is 0.576. The van der Waals surface area contributed by atoms with E-state index >= 15 is 0 Å². The van der Waals surface area contributed by atoms with Gasteiger partial charge in [-0.25, -0.2) is 0 Å². The van der Waals surface area contributed by atoms with Gasteiger partial charge < -0.3 is 15.7 Å². The molecule has 0 aromatic carbocycles. The molecule has 0 saturated carbocycles. The van der Waals surface area contributed by atoms with E-state index < -0.39 is 5.60 Å². The molecule has 5 heteroatoms. The standard InChI is InChI=1S/C9H17N3OS/c1-6-7(10)11-14-8(6)12(4)5-9(2,3)13/h13H,5H2,1-4H3,(H2,10,11). The number of nitrogens with zero attached hydrogens (tertiary/aromatic N) is 2. The van der Waals surface area contributed by atoms with Gasteiger partial charge in [-0.05, 0) is 32.3 Å². The minimum Gasteiger partial charge on any atom is -0.389 e. The van der Waals surface area contributed by atoms with Gasteiger partial charge in [0.15, 0.2) is 0 Å². The van der Waals surface area contributed by atoms with Crippen LogP contribution < -0.4 is 10.6 Å². The van der Waals surface area contributed by atoms with Crippen LogP contribution in [0, 0.1) is 6.92 Å². The summed E-state index contributed by atoms with van der Waals surface area (Å²) in [6.07, 6.45) is 0. The smallest absolute Gasteiger partial charge is 0.142 e. The van der Waals surface area contributed by atoms with Gasteiger partial charge in [0.05, 0.1) is 5.60 Å². The molecule has 0 unspecified atom stereocenters. The molecule has 0 atom stereocenters. The third-order valence-corrected chi connectivity index (χ3v) is 2.99. The molecule has 0 spiro atoms. The van der Waals surface area contributed by atoms with Gasteiger partial charge in [-0.1, -0.05) is 0 Å². The number of hydrogen-bond acceptors (Lipinski definition) is 5. The lowest BCUT2D eigenvalue weighted by Gasteiger charge is -2.26. The summed E-state index contributed by atoms with van der Waals surface area (Å²) in [5.41, 5.74) is 5.93. The average molecular weight is 215 g/mol. The van der Waals surface area contributed by atoms with E-state index in [1.807, 2.05) is 18.9 Å². The summed E-state index contributed by atoms with van der Waals surface area (Å²) in [6.45, 7) is 6.07. The van der Waals surface area contributed by atoms with Crippen LogP contribution in [0.25, 0.3) is 0 Å². The van der Waals surface area contributed by atoms with Crippen molar-refractivity contribution in [2.45, 2.75) is 26.4 Å². The first kappa shape index (κ1) is 11.3. The minimum absolute atomic E-state index is 0.565. The van der Waals surface area contributed by atoms with Crippen molar-refractivity contribution in [2.24, 2.45) is 0 Å². The monoisotopic (exact) mass is 215 g/mol. The van der Waals surface area contributed by atoms with Crippen LogP contribution in [0.1, 0.15) is 19.4 Å². The van der Waals surface area contributed by atoms with Crippen molar-refractivity contribution in [3.8, 4) is 0 Å². The molecule has 3 N–H and O–H groups in total. The zero-order valence-electron chi connectivity index (χ0n) is 9.03. The third-order valence-electron chi connectivity index (χ3n) is 1.91. The van der Waals surface area contributed by atoms with Crippen LogP contribution in [0.4, 0.5) is 10.8 Å². The Bertz CT molecular complexity index is 316. The molecule has 0 saturated heterocycles. The summed E-state index contributed by atoms with van der Waals surface area (Å²) in [7, 11) is 1.93. The van der Waals surface area contributed by atoms with E-state index in [0.29, 0.717) is 12.4 Å². The summed E-state index contributed by atoms with van der Waals surface area (Å²) in [5, 5.41) is 10.7. The zero-order chi connectivity index (χ0) is 10.9. The maximum atomic E-state index is 9.66. The molecule has 1 aromatic rings. The lowest BCUT2D eigenvalue weighted by atomic mass is 10.1. The number of likely N-dealkylation sites (N-methyl/N-ethyl adjacent to an activating group) is 1. The van der Waals surface area contributed by atoms with E-state index in [1.54, 1.807) is 13.8 Å². The Morgan fingerprint density at radius 2 is 2.14 bits per heavy atom. The van der Waals surface area contributed by atoms with E-state index in [4.69, 9.17) is 5.73 Å². The second kappa shape index (κ2) is 3.74. The first-order valence-electron chi connectivity index (χ1n) is 4.46. The Labute approximate surface area is 88.5 Å². The van der Waals surface area contributed by atoms with Crippen LogP contribution in [-0.4, -0.2) is 28.7 Å². The van der Waals surface area contributed by atoms with E-state index in [2.05, 4.69) is 4.37 Å². The summed E-state index contributed by atoms with van der Waals surface area (Å²) in [4.78, 5) is 1.98. The van der Waals surface area contributed by atoms with Crippen LogP contribution >= 0.6 is 11.5 Å². The Hall–Kier alpha value is -0.810. The van der Waals surface area contributed by atoms with Crippen molar-refractivity contribution in [1.82, 2.24) is 4.37 Å². The maximum Gasteiger partial charge on any atom is 0.142 e. The van der Waals surface area contributed by atoms with Gasteiger partial charge in [0.1, 0.15) is 10.8 Å². The largest absolute Gasteiger partial charge is 0.389 e. The Balaban J connectivity index is 2.80.